The van der Waals surface area contributed by atoms with Crippen molar-refractivity contribution >= 4 is 33.5 Å². The van der Waals surface area contributed by atoms with Gasteiger partial charge in [-0.3, -0.25) is 0 Å². The van der Waals surface area contributed by atoms with Crippen LogP contribution in [0.2, 0.25) is 0 Å². The van der Waals surface area contributed by atoms with E-state index in [2.05, 4.69) is 39.8 Å². The maximum atomic E-state index is 4.95. The molecule has 6 heteroatoms. The molecular formula is C23H16N4S2. The second kappa shape index (κ2) is 7.95. The molecular weight excluding hydrogens is 396 g/mol. The fourth-order valence-electron chi connectivity index (χ4n) is 2.97. The Morgan fingerprint density at radius 3 is 1.90 bits per heavy atom. The van der Waals surface area contributed by atoms with E-state index in [4.69, 9.17) is 4.98 Å². The molecule has 0 saturated carbocycles. The number of benzene rings is 3. The third-order valence-electron chi connectivity index (χ3n) is 4.34. The van der Waals surface area contributed by atoms with E-state index in [0.717, 1.165) is 42.5 Å². The van der Waals surface area contributed by atoms with Gasteiger partial charge in [0.1, 0.15) is 10.7 Å². The first kappa shape index (κ1) is 17.7. The van der Waals surface area contributed by atoms with Gasteiger partial charge < -0.3 is 5.32 Å². The van der Waals surface area contributed by atoms with Gasteiger partial charge in [0.2, 0.25) is 5.13 Å². The van der Waals surface area contributed by atoms with E-state index < -0.39 is 0 Å². The Morgan fingerprint density at radius 2 is 1.21 bits per heavy atom. The van der Waals surface area contributed by atoms with E-state index in [-0.39, 0.29) is 0 Å². The molecule has 140 valence electrons. The summed E-state index contributed by atoms with van der Waals surface area (Å²) in [5.41, 5.74) is 4.10. The van der Waals surface area contributed by atoms with Gasteiger partial charge in [-0.1, -0.05) is 90.2 Å². The van der Waals surface area contributed by atoms with Gasteiger partial charge in [0.05, 0.1) is 4.88 Å². The molecule has 2 aromatic heterocycles. The van der Waals surface area contributed by atoms with Crippen molar-refractivity contribution in [3.8, 4) is 31.7 Å². The van der Waals surface area contributed by atoms with Crippen LogP contribution >= 0.6 is 22.7 Å². The Kier molecular flexibility index (Phi) is 4.86. The van der Waals surface area contributed by atoms with Gasteiger partial charge >= 0.3 is 0 Å². The van der Waals surface area contributed by atoms with E-state index in [1.165, 1.54) is 11.3 Å². The van der Waals surface area contributed by atoms with Crippen LogP contribution in [0.5, 0.6) is 0 Å². The summed E-state index contributed by atoms with van der Waals surface area (Å²) < 4.78 is 0. The van der Waals surface area contributed by atoms with Gasteiger partial charge in [-0.05, 0) is 17.7 Å². The van der Waals surface area contributed by atoms with E-state index in [1.807, 2.05) is 66.7 Å². The molecule has 0 saturated heterocycles. The lowest BCUT2D eigenvalue weighted by Crippen LogP contribution is -1.87. The third-order valence-corrected chi connectivity index (χ3v) is 6.34. The molecule has 0 unspecified atom stereocenters. The highest BCUT2D eigenvalue weighted by Gasteiger charge is 2.19. The van der Waals surface area contributed by atoms with Crippen molar-refractivity contribution < 1.29 is 0 Å². The van der Waals surface area contributed by atoms with Crippen molar-refractivity contribution in [2.75, 3.05) is 5.32 Å². The van der Waals surface area contributed by atoms with Gasteiger partial charge in [-0.25, -0.2) is 4.98 Å². The van der Waals surface area contributed by atoms with Crippen LogP contribution in [-0.2, 0) is 0 Å². The molecule has 0 amide bonds. The zero-order valence-corrected chi connectivity index (χ0v) is 17.0. The lowest BCUT2D eigenvalue weighted by molar-refractivity contribution is 1.09. The van der Waals surface area contributed by atoms with Crippen LogP contribution in [0.15, 0.2) is 91.0 Å². The first-order chi connectivity index (χ1) is 14.4. The van der Waals surface area contributed by atoms with Crippen LogP contribution in [0.4, 0.5) is 10.8 Å². The molecule has 2 heterocycles. The van der Waals surface area contributed by atoms with Crippen LogP contribution in [-0.4, -0.2) is 15.2 Å². The fourth-order valence-corrected chi connectivity index (χ4v) is 4.87. The van der Waals surface area contributed by atoms with Gasteiger partial charge in [0.25, 0.3) is 0 Å². The zero-order valence-electron chi connectivity index (χ0n) is 15.3. The molecule has 3 aromatic carbocycles. The molecule has 0 radical (unpaired) electrons. The number of hydrogen-bond donors (Lipinski definition) is 1. The van der Waals surface area contributed by atoms with Crippen molar-refractivity contribution in [2.45, 2.75) is 0 Å². The lowest BCUT2D eigenvalue weighted by atomic mass is 10.1. The Balaban J connectivity index is 1.56. The predicted molar refractivity (Wildman–Crippen MR) is 122 cm³/mol. The number of nitrogens with one attached hydrogen (secondary N) is 1. The molecule has 29 heavy (non-hydrogen) atoms. The zero-order chi connectivity index (χ0) is 19.5. The van der Waals surface area contributed by atoms with Gasteiger partial charge in [0.15, 0.2) is 5.01 Å². The molecule has 0 atom stereocenters. The smallest absolute Gasteiger partial charge is 0.210 e. The topological polar surface area (TPSA) is 50.7 Å². The average Bonchev–Trinajstić information content (AvgIpc) is 3.43. The number of rotatable bonds is 5. The number of hydrogen-bond acceptors (Lipinski definition) is 6. The molecule has 4 nitrogen and oxygen atoms in total. The molecule has 0 aliphatic heterocycles. The number of aromatic nitrogens is 3. The standard InChI is InChI=1S/C23H16N4S2/c1-4-10-16(11-5-1)20-19(25-21(28-20)17-12-6-2-7-13-17)22-26-27-23(29-22)24-18-14-8-3-9-15-18/h1-15H,(H,24,27). The van der Waals surface area contributed by atoms with Crippen LogP contribution in [0, 0.1) is 0 Å². The van der Waals surface area contributed by atoms with Crippen molar-refractivity contribution in [3.05, 3.63) is 91.0 Å². The highest BCUT2D eigenvalue weighted by atomic mass is 32.1. The molecule has 0 fully saturated rings. The largest absolute Gasteiger partial charge is 0.330 e. The molecule has 5 aromatic rings. The highest BCUT2D eigenvalue weighted by Crippen LogP contribution is 2.42. The minimum absolute atomic E-state index is 0.750. The normalized spacial score (nSPS) is 10.8. The van der Waals surface area contributed by atoms with Crippen molar-refractivity contribution in [1.82, 2.24) is 15.2 Å². The summed E-state index contributed by atoms with van der Waals surface area (Å²) in [5, 5.41) is 14.6. The number of anilines is 2. The monoisotopic (exact) mass is 412 g/mol. The van der Waals surface area contributed by atoms with Crippen molar-refractivity contribution in [3.63, 3.8) is 0 Å². The SMILES string of the molecule is c1ccc(Nc2nnc(-c3nc(-c4ccccc4)sc3-c3ccccc3)s2)cc1. The second-order valence-corrected chi connectivity index (χ2v) is 8.31. The summed E-state index contributed by atoms with van der Waals surface area (Å²) in [6, 6.07) is 30.6. The molecule has 0 spiro atoms. The maximum absolute atomic E-state index is 4.95. The van der Waals surface area contributed by atoms with E-state index in [1.54, 1.807) is 11.3 Å². The average molecular weight is 413 g/mol. The first-order valence-corrected chi connectivity index (χ1v) is 10.8. The quantitative estimate of drug-likeness (QED) is 0.347. The summed E-state index contributed by atoms with van der Waals surface area (Å²) in [6.07, 6.45) is 0. The van der Waals surface area contributed by atoms with Crippen LogP contribution in [0.25, 0.3) is 31.7 Å². The molecule has 0 aliphatic carbocycles. The molecule has 0 bridgehead atoms. The van der Waals surface area contributed by atoms with Crippen LogP contribution in [0.3, 0.4) is 0 Å². The third kappa shape index (κ3) is 3.81. The summed E-state index contributed by atoms with van der Waals surface area (Å²) in [6.45, 7) is 0. The van der Waals surface area contributed by atoms with Gasteiger partial charge in [0, 0.05) is 11.3 Å². The Labute approximate surface area is 176 Å². The Hall–Kier alpha value is -3.35. The fraction of sp³-hybridized carbons (Fsp3) is 0. The maximum Gasteiger partial charge on any atom is 0.210 e. The van der Waals surface area contributed by atoms with E-state index in [9.17, 15) is 0 Å². The summed E-state index contributed by atoms with van der Waals surface area (Å²) in [4.78, 5) is 6.05. The number of nitrogens with zero attached hydrogens (tertiary/aromatic N) is 3. The number of thiazole rings is 1. The molecule has 0 aliphatic rings. The van der Waals surface area contributed by atoms with Crippen molar-refractivity contribution in [2.24, 2.45) is 0 Å². The molecule has 5 rings (SSSR count). The van der Waals surface area contributed by atoms with E-state index >= 15 is 0 Å². The minimum atomic E-state index is 0.750. The van der Waals surface area contributed by atoms with Gasteiger partial charge in [-0.2, -0.15) is 0 Å². The summed E-state index contributed by atoms with van der Waals surface area (Å²) >= 11 is 3.19. The second-order valence-electron chi connectivity index (χ2n) is 6.33. The Morgan fingerprint density at radius 1 is 0.586 bits per heavy atom. The van der Waals surface area contributed by atoms with Crippen molar-refractivity contribution in [1.29, 1.82) is 0 Å². The first-order valence-electron chi connectivity index (χ1n) is 9.14. The predicted octanol–water partition coefficient (Wildman–Crippen LogP) is 6.74. The summed E-state index contributed by atoms with van der Waals surface area (Å²) in [5.74, 6) is 0. The van der Waals surface area contributed by atoms with Crippen LogP contribution < -0.4 is 5.32 Å². The van der Waals surface area contributed by atoms with Gasteiger partial charge in [-0.15, -0.1) is 21.5 Å². The molecule has 1 N–H and O–H groups in total. The highest BCUT2D eigenvalue weighted by molar-refractivity contribution is 7.21. The summed E-state index contributed by atoms with van der Waals surface area (Å²) in [7, 11) is 0. The Bertz CT molecular complexity index is 1220. The number of para-hydroxylation sites is 1. The van der Waals surface area contributed by atoms with Crippen LogP contribution in [0.1, 0.15) is 0 Å². The van der Waals surface area contributed by atoms with E-state index in [0.29, 0.717) is 0 Å². The minimum Gasteiger partial charge on any atom is -0.330 e. The lowest BCUT2D eigenvalue weighted by Gasteiger charge is -2.00.